The fraction of sp³-hybridized carbons (Fsp3) is 0.176. The van der Waals surface area contributed by atoms with E-state index < -0.39 is 52.8 Å². The van der Waals surface area contributed by atoms with Gasteiger partial charge in [0.1, 0.15) is 22.9 Å². The summed E-state index contributed by atoms with van der Waals surface area (Å²) in [6, 6.07) is 1.03. The van der Waals surface area contributed by atoms with Crippen LogP contribution < -0.4 is 9.47 Å². The third kappa shape index (κ3) is 4.90. The number of hydrogen-bond donors (Lipinski definition) is 0. The summed E-state index contributed by atoms with van der Waals surface area (Å²) in [5.74, 6) is -10.7. The van der Waals surface area contributed by atoms with Crippen molar-refractivity contribution in [3.63, 3.8) is 0 Å². The smallest absolute Gasteiger partial charge is 0.429 e. The molecule has 11 heteroatoms. The minimum atomic E-state index is -5.45. The van der Waals surface area contributed by atoms with Gasteiger partial charge in [-0.3, -0.25) is 0 Å². The van der Waals surface area contributed by atoms with Crippen molar-refractivity contribution in [3.05, 3.63) is 64.7 Å². The molecule has 152 valence electrons. The maximum absolute atomic E-state index is 14.1. The Morgan fingerprint density at radius 3 is 1.68 bits per heavy atom. The van der Waals surface area contributed by atoms with Crippen LogP contribution in [-0.4, -0.2) is 6.36 Å². The molecule has 0 aliphatic heterocycles. The first-order valence-electron chi connectivity index (χ1n) is 7.28. The van der Waals surface area contributed by atoms with E-state index in [4.69, 9.17) is 0 Å². The van der Waals surface area contributed by atoms with Crippen molar-refractivity contribution in [2.75, 3.05) is 0 Å². The summed E-state index contributed by atoms with van der Waals surface area (Å²) in [6.45, 7) is 1.51. The summed E-state index contributed by atoms with van der Waals surface area (Å²) in [5.41, 5.74) is -1.93. The minimum absolute atomic E-state index is 0.0535. The molecule has 2 nitrogen and oxygen atoms in total. The van der Waals surface area contributed by atoms with Crippen molar-refractivity contribution in [3.8, 4) is 11.5 Å². The molecule has 0 aromatic heterocycles. The zero-order valence-corrected chi connectivity index (χ0v) is 13.7. The number of benzene rings is 2. The quantitative estimate of drug-likeness (QED) is 0.533. The summed E-state index contributed by atoms with van der Waals surface area (Å²) in [6.07, 6.45) is -7.58. The van der Waals surface area contributed by atoms with Crippen LogP contribution in [0.1, 0.15) is 18.1 Å². The zero-order chi connectivity index (χ0) is 21.3. The van der Waals surface area contributed by atoms with Crippen molar-refractivity contribution >= 4 is 6.08 Å². The van der Waals surface area contributed by atoms with E-state index >= 15 is 0 Å². The first kappa shape index (κ1) is 21.5. The molecule has 2 aromatic rings. The van der Waals surface area contributed by atoms with E-state index in [9.17, 15) is 39.5 Å². The molecule has 0 saturated carbocycles. The van der Waals surface area contributed by atoms with Gasteiger partial charge in [0.2, 0.25) is 5.75 Å². The molecule has 0 bridgehead atoms. The second-order valence-corrected chi connectivity index (χ2v) is 5.24. The summed E-state index contributed by atoms with van der Waals surface area (Å²) >= 11 is 0. The zero-order valence-electron chi connectivity index (χ0n) is 13.7. The Morgan fingerprint density at radius 1 is 0.750 bits per heavy atom. The first-order chi connectivity index (χ1) is 12.8. The Labute approximate surface area is 151 Å². The fourth-order valence-electron chi connectivity index (χ4n) is 2.17. The number of allylic oxidation sites excluding steroid dienone is 1. The van der Waals surface area contributed by atoms with Crippen LogP contribution in [-0.2, 0) is 6.11 Å². The van der Waals surface area contributed by atoms with Crippen LogP contribution in [0.2, 0.25) is 0 Å². The molecule has 0 spiro atoms. The van der Waals surface area contributed by atoms with E-state index in [1.807, 2.05) is 0 Å². The average Bonchev–Trinajstić information content (AvgIpc) is 2.49. The minimum Gasteiger partial charge on any atom is -0.429 e. The predicted octanol–water partition coefficient (Wildman–Crippen LogP) is 6.30. The molecule has 0 radical (unpaired) electrons. The Kier molecular flexibility index (Phi) is 5.86. The van der Waals surface area contributed by atoms with Gasteiger partial charge in [0.05, 0.1) is 0 Å². The number of halogens is 9. The van der Waals surface area contributed by atoms with Crippen LogP contribution in [0.5, 0.6) is 11.5 Å². The van der Waals surface area contributed by atoms with E-state index in [1.165, 1.54) is 19.1 Å². The van der Waals surface area contributed by atoms with Gasteiger partial charge in [-0.1, -0.05) is 12.2 Å². The van der Waals surface area contributed by atoms with Crippen molar-refractivity contribution in [2.24, 2.45) is 0 Å². The standard InChI is InChI=1S/C17H9F9O2/c1-2-3-8-4-10(18)14(11(19)5-8)16(22,23)27-9-6-12(20)15(13(21)7-9)28-17(24,25)26/h2-7H,1H3. The number of alkyl halides is 5. The highest BCUT2D eigenvalue weighted by molar-refractivity contribution is 5.50. The van der Waals surface area contributed by atoms with E-state index in [0.717, 1.165) is 0 Å². The summed E-state index contributed by atoms with van der Waals surface area (Å²) in [5, 5.41) is 0. The Hall–Kier alpha value is -2.85. The van der Waals surface area contributed by atoms with Crippen LogP contribution in [0, 0.1) is 23.3 Å². The Morgan fingerprint density at radius 2 is 1.25 bits per heavy atom. The Balaban J connectivity index is 2.40. The van der Waals surface area contributed by atoms with Gasteiger partial charge in [0.25, 0.3) is 0 Å². The highest BCUT2D eigenvalue weighted by Crippen LogP contribution is 2.38. The SMILES string of the molecule is CC=Cc1cc(F)c(C(F)(F)Oc2cc(F)c(OC(F)(F)F)c(F)c2)c(F)c1. The normalized spacial score (nSPS) is 12.5. The molecule has 0 aliphatic carbocycles. The third-order valence-electron chi connectivity index (χ3n) is 3.15. The van der Waals surface area contributed by atoms with Gasteiger partial charge in [-0.05, 0) is 24.6 Å². The summed E-state index contributed by atoms with van der Waals surface area (Å²) in [7, 11) is 0. The average molecular weight is 416 g/mol. The van der Waals surface area contributed by atoms with E-state index in [-0.39, 0.29) is 17.7 Å². The van der Waals surface area contributed by atoms with Crippen LogP contribution in [0.4, 0.5) is 39.5 Å². The van der Waals surface area contributed by atoms with Crippen LogP contribution in [0.3, 0.4) is 0 Å². The van der Waals surface area contributed by atoms with Gasteiger partial charge in [-0.2, -0.15) is 8.78 Å². The molecule has 0 amide bonds. The molecular weight excluding hydrogens is 407 g/mol. The Bertz CT molecular complexity index is 858. The first-order valence-corrected chi connectivity index (χ1v) is 7.28. The molecule has 0 heterocycles. The molecule has 0 saturated heterocycles. The molecule has 28 heavy (non-hydrogen) atoms. The van der Waals surface area contributed by atoms with Crippen molar-refractivity contribution in [1.29, 1.82) is 0 Å². The van der Waals surface area contributed by atoms with Crippen LogP contribution in [0.25, 0.3) is 6.08 Å². The maximum atomic E-state index is 14.1. The lowest BCUT2D eigenvalue weighted by molar-refractivity contribution is -0.276. The fourth-order valence-corrected chi connectivity index (χ4v) is 2.17. The van der Waals surface area contributed by atoms with Gasteiger partial charge in [-0.25, -0.2) is 17.6 Å². The van der Waals surface area contributed by atoms with Gasteiger partial charge in [0.15, 0.2) is 11.6 Å². The molecule has 0 aliphatic rings. The molecular formula is C17H9F9O2. The lowest BCUT2D eigenvalue weighted by Crippen LogP contribution is -2.25. The molecule has 2 aromatic carbocycles. The molecule has 0 atom stereocenters. The molecule has 0 unspecified atom stereocenters. The monoisotopic (exact) mass is 416 g/mol. The van der Waals surface area contributed by atoms with E-state index in [2.05, 4.69) is 9.47 Å². The lowest BCUT2D eigenvalue weighted by Gasteiger charge is -2.20. The predicted molar refractivity (Wildman–Crippen MR) is 78.6 cm³/mol. The number of ether oxygens (including phenoxy) is 2. The number of rotatable bonds is 5. The van der Waals surface area contributed by atoms with Gasteiger partial charge >= 0.3 is 12.5 Å². The molecule has 2 rings (SSSR count). The lowest BCUT2D eigenvalue weighted by atomic mass is 10.1. The maximum Gasteiger partial charge on any atom is 0.573 e. The van der Waals surface area contributed by atoms with E-state index in [0.29, 0.717) is 12.1 Å². The van der Waals surface area contributed by atoms with E-state index in [1.54, 1.807) is 0 Å². The summed E-state index contributed by atoms with van der Waals surface area (Å²) < 4.78 is 127. The summed E-state index contributed by atoms with van der Waals surface area (Å²) in [4.78, 5) is 0. The molecule has 0 N–H and O–H groups in total. The molecule has 0 fully saturated rings. The highest BCUT2D eigenvalue weighted by atomic mass is 19.4. The third-order valence-corrected chi connectivity index (χ3v) is 3.15. The number of hydrogen-bond acceptors (Lipinski definition) is 2. The van der Waals surface area contributed by atoms with Crippen LogP contribution in [0.15, 0.2) is 30.3 Å². The largest absolute Gasteiger partial charge is 0.573 e. The topological polar surface area (TPSA) is 18.5 Å². The van der Waals surface area contributed by atoms with Gasteiger partial charge in [-0.15, -0.1) is 13.2 Å². The second-order valence-electron chi connectivity index (χ2n) is 5.24. The highest BCUT2D eigenvalue weighted by Gasteiger charge is 2.42. The van der Waals surface area contributed by atoms with Gasteiger partial charge < -0.3 is 9.47 Å². The van der Waals surface area contributed by atoms with Crippen molar-refractivity contribution in [1.82, 2.24) is 0 Å². The van der Waals surface area contributed by atoms with Crippen molar-refractivity contribution < 1.29 is 49.0 Å². The van der Waals surface area contributed by atoms with Gasteiger partial charge in [0, 0.05) is 12.1 Å². The second kappa shape index (κ2) is 7.64. The van der Waals surface area contributed by atoms with Crippen LogP contribution >= 0.6 is 0 Å². The van der Waals surface area contributed by atoms with Crippen molar-refractivity contribution in [2.45, 2.75) is 19.4 Å².